The van der Waals surface area contributed by atoms with E-state index in [0.717, 1.165) is 21.9 Å². The van der Waals surface area contributed by atoms with Gasteiger partial charge in [0.25, 0.3) is 10.0 Å². The molecule has 40 heavy (non-hydrogen) atoms. The normalized spacial score (nSPS) is 12.1. The van der Waals surface area contributed by atoms with E-state index in [2.05, 4.69) is 5.32 Å². The fraction of sp³-hybridized carbons (Fsp3) is 0.310. The van der Waals surface area contributed by atoms with E-state index >= 15 is 0 Å². The van der Waals surface area contributed by atoms with Gasteiger partial charge in [-0.2, -0.15) is 0 Å². The Hall–Kier alpha value is -2.78. The smallest absolute Gasteiger partial charge is 0.264 e. The number of halogens is 3. The third-order valence-electron chi connectivity index (χ3n) is 6.51. The van der Waals surface area contributed by atoms with Gasteiger partial charge in [0.05, 0.1) is 20.6 Å². The first kappa shape index (κ1) is 31.7. The predicted molar refractivity (Wildman–Crippen MR) is 162 cm³/mol. The van der Waals surface area contributed by atoms with Crippen molar-refractivity contribution in [1.29, 1.82) is 0 Å². The lowest BCUT2D eigenvalue weighted by atomic mass is 10.1. The Balaban J connectivity index is 2.05. The highest BCUT2D eigenvalue weighted by Crippen LogP contribution is 2.28. The number of benzene rings is 3. The molecule has 0 fully saturated rings. The number of sulfonamides is 1. The number of carbonyl (C=O) groups is 2. The number of nitrogens with zero attached hydrogens (tertiary/aromatic N) is 2. The maximum absolute atomic E-state index is 13.9. The third kappa shape index (κ3) is 7.69. The second kappa shape index (κ2) is 13.7. The van der Waals surface area contributed by atoms with Gasteiger partial charge in [-0.25, -0.2) is 8.42 Å². The van der Waals surface area contributed by atoms with Gasteiger partial charge in [0.1, 0.15) is 12.6 Å². The summed E-state index contributed by atoms with van der Waals surface area (Å²) in [5.74, 6) is -0.922. The van der Waals surface area contributed by atoms with Gasteiger partial charge in [-0.3, -0.25) is 13.9 Å². The fourth-order valence-corrected chi connectivity index (χ4v) is 5.81. The standard InChI is InChI=1S/C29H32Cl3N3O4S/c1-5-14-33-29(37)21(4)34(17-22-7-13-26(31)27(32)16-22)28(36)18-35(24-10-6-19(2)20(3)15-24)40(38,39)25-11-8-23(30)9-12-25/h6-13,15-16,21H,5,14,17-18H2,1-4H3,(H,33,37)/t21-/m1/s1. The molecule has 11 heteroatoms. The zero-order valence-corrected chi connectivity index (χ0v) is 25.8. The molecule has 3 aromatic rings. The molecule has 0 heterocycles. The van der Waals surface area contributed by atoms with Crippen molar-refractivity contribution in [3.8, 4) is 0 Å². The average Bonchev–Trinajstić information content (AvgIpc) is 2.92. The SMILES string of the molecule is CCCNC(=O)[C@@H](C)N(Cc1ccc(Cl)c(Cl)c1)C(=O)CN(c1ccc(C)c(C)c1)S(=O)(=O)c1ccc(Cl)cc1. The summed E-state index contributed by atoms with van der Waals surface area (Å²) in [5, 5.41) is 3.85. The zero-order valence-electron chi connectivity index (χ0n) is 22.7. The van der Waals surface area contributed by atoms with Gasteiger partial charge in [0.2, 0.25) is 11.8 Å². The highest BCUT2D eigenvalue weighted by molar-refractivity contribution is 7.92. The summed E-state index contributed by atoms with van der Waals surface area (Å²) in [6, 6.07) is 15.0. The second-order valence-electron chi connectivity index (χ2n) is 9.47. The van der Waals surface area contributed by atoms with Crippen LogP contribution >= 0.6 is 34.8 Å². The van der Waals surface area contributed by atoms with Crippen molar-refractivity contribution in [3.05, 3.63) is 92.4 Å². The van der Waals surface area contributed by atoms with Crippen LogP contribution in [0.5, 0.6) is 0 Å². The van der Waals surface area contributed by atoms with Crippen LogP contribution in [-0.2, 0) is 26.2 Å². The third-order valence-corrected chi connectivity index (χ3v) is 9.29. The molecule has 0 saturated heterocycles. The molecule has 1 N–H and O–H groups in total. The molecular weight excluding hydrogens is 593 g/mol. The van der Waals surface area contributed by atoms with E-state index in [4.69, 9.17) is 34.8 Å². The first-order valence-electron chi connectivity index (χ1n) is 12.7. The molecule has 0 aliphatic rings. The van der Waals surface area contributed by atoms with Gasteiger partial charge in [-0.1, -0.05) is 53.9 Å². The molecule has 0 radical (unpaired) electrons. The van der Waals surface area contributed by atoms with Crippen LogP contribution in [0.3, 0.4) is 0 Å². The van der Waals surface area contributed by atoms with E-state index in [0.29, 0.717) is 32.9 Å². The monoisotopic (exact) mass is 623 g/mol. The van der Waals surface area contributed by atoms with E-state index in [1.807, 2.05) is 20.8 Å². The van der Waals surface area contributed by atoms with E-state index in [9.17, 15) is 18.0 Å². The molecule has 0 saturated carbocycles. The Bertz CT molecular complexity index is 1480. The summed E-state index contributed by atoms with van der Waals surface area (Å²) in [6.07, 6.45) is 0.721. The number of hydrogen-bond donors (Lipinski definition) is 1. The quantitative estimate of drug-likeness (QED) is 0.267. The molecule has 0 aliphatic heterocycles. The van der Waals surface area contributed by atoms with Crippen LogP contribution in [0.2, 0.25) is 15.1 Å². The molecule has 0 aliphatic carbocycles. The van der Waals surface area contributed by atoms with Gasteiger partial charge >= 0.3 is 0 Å². The van der Waals surface area contributed by atoms with Crippen molar-refractivity contribution in [2.45, 2.75) is 51.6 Å². The number of anilines is 1. The van der Waals surface area contributed by atoms with Crippen molar-refractivity contribution in [2.24, 2.45) is 0 Å². The minimum atomic E-state index is -4.19. The molecule has 2 amide bonds. The molecule has 0 spiro atoms. The molecule has 0 aromatic heterocycles. The summed E-state index contributed by atoms with van der Waals surface area (Å²) in [6.45, 7) is 7.22. The maximum Gasteiger partial charge on any atom is 0.264 e. The van der Waals surface area contributed by atoms with E-state index in [1.54, 1.807) is 43.3 Å². The van der Waals surface area contributed by atoms with Crippen molar-refractivity contribution in [1.82, 2.24) is 10.2 Å². The van der Waals surface area contributed by atoms with E-state index < -0.39 is 28.5 Å². The van der Waals surface area contributed by atoms with E-state index in [-0.39, 0.29) is 17.3 Å². The molecule has 0 unspecified atom stereocenters. The minimum Gasteiger partial charge on any atom is -0.354 e. The minimum absolute atomic E-state index is 0.0121. The second-order valence-corrected chi connectivity index (χ2v) is 12.6. The van der Waals surface area contributed by atoms with Gasteiger partial charge in [0, 0.05) is 18.1 Å². The van der Waals surface area contributed by atoms with Crippen LogP contribution in [0, 0.1) is 13.8 Å². The molecule has 3 rings (SSSR count). The zero-order chi connectivity index (χ0) is 29.6. The number of carbonyl (C=O) groups excluding carboxylic acids is 2. The Kier molecular flexibility index (Phi) is 10.9. The highest BCUT2D eigenvalue weighted by atomic mass is 35.5. The van der Waals surface area contributed by atoms with Gasteiger partial charge in [-0.15, -0.1) is 0 Å². The number of amides is 2. The first-order valence-corrected chi connectivity index (χ1v) is 15.3. The van der Waals surface area contributed by atoms with Crippen LogP contribution in [0.15, 0.2) is 65.6 Å². The largest absolute Gasteiger partial charge is 0.354 e. The van der Waals surface area contributed by atoms with Crippen molar-refractivity contribution < 1.29 is 18.0 Å². The lowest BCUT2D eigenvalue weighted by Crippen LogP contribution is -2.51. The van der Waals surface area contributed by atoms with Crippen molar-refractivity contribution >= 4 is 62.3 Å². The van der Waals surface area contributed by atoms with Gasteiger partial charge < -0.3 is 10.2 Å². The Morgan fingerprint density at radius 1 is 0.900 bits per heavy atom. The fourth-order valence-electron chi connectivity index (χ4n) is 3.96. The topological polar surface area (TPSA) is 86.8 Å². The molecule has 214 valence electrons. The van der Waals surface area contributed by atoms with Crippen LogP contribution < -0.4 is 9.62 Å². The Morgan fingerprint density at radius 3 is 2.17 bits per heavy atom. The predicted octanol–water partition coefficient (Wildman–Crippen LogP) is 6.40. The Labute approximate surface area is 251 Å². The highest BCUT2D eigenvalue weighted by Gasteiger charge is 2.32. The van der Waals surface area contributed by atoms with Crippen molar-refractivity contribution in [3.63, 3.8) is 0 Å². The van der Waals surface area contributed by atoms with Crippen LogP contribution in [0.25, 0.3) is 0 Å². The van der Waals surface area contributed by atoms with Gasteiger partial charge in [-0.05, 0) is 92.4 Å². The summed E-state index contributed by atoms with van der Waals surface area (Å²) in [7, 11) is -4.19. The lowest BCUT2D eigenvalue weighted by Gasteiger charge is -2.32. The molecule has 1 atom stereocenters. The molecule has 3 aromatic carbocycles. The first-order chi connectivity index (χ1) is 18.8. The average molecular weight is 625 g/mol. The van der Waals surface area contributed by atoms with Crippen LogP contribution in [0.1, 0.15) is 37.0 Å². The molecular formula is C29H32Cl3N3O4S. The summed E-state index contributed by atoms with van der Waals surface area (Å²) in [4.78, 5) is 28.2. The molecule has 0 bridgehead atoms. The van der Waals surface area contributed by atoms with Gasteiger partial charge in [0.15, 0.2) is 0 Å². The van der Waals surface area contributed by atoms with Crippen LogP contribution in [-0.4, -0.2) is 44.3 Å². The van der Waals surface area contributed by atoms with Crippen molar-refractivity contribution in [2.75, 3.05) is 17.4 Å². The number of hydrogen-bond acceptors (Lipinski definition) is 4. The molecule has 7 nitrogen and oxygen atoms in total. The summed E-state index contributed by atoms with van der Waals surface area (Å²) < 4.78 is 28.8. The maximum atomic E-state index is 13.9. The van der Waals surface area contributed by atoms with E-state index in [1.165, 1.54) is 29.2 Å². The lowest BCUT2D eigenvalue weighted by molar-refractivity contribution is -0.139. The van der Waals surface area contributed by atoms with Crippen LogP contribution in [0.4, 0.5) is 5.69 Å². The number of nitrogens with one attached hydrogen (secondary N) is 1. The Morgan fingerprint density at radius 2 is 1.57 bits per heavy atom. The number of rotatable bonds is 11. The number of aryl methyl sites for hydroxylation is 2. The summed E-state index contributed by atoms with van der Waals surface area (Å²) in [5.41, 5.74) is 2.79. The summed E-state index contributed by atoms with van der Waals surface area (Å²) >= 11 is 18.3.